The number of rotatable bonds is 4. The van der Waals surface area contributed by atoms with Crippen LogP contribution in [0.15, 0.2) is 28.7 Å². The molecule has 1 rings (SSSR count). The maximum atomic E-state index is 5.47. The molecule has 0 saturated carbocycles. The van der Waals surface area contributed by atoms with Crippen LogP contribution in [0, 0.1) is 0 Å². The zero-order chi connectivity index (χ0) is 10.6. The Morgan fingerprint density at radius 1 is 1.21 bits per heavy atom. The van der Waals surface area contributed by atoms with Gasteiger partial charge in [-0.25, -0.2) is 0 Å². The highest BCUT2D eigenvalue weighted by atomic mass is 79.9. The normalized spacial score (nSPS) is 11.7. The molecule has 2 heteroatoms. The number of hydrogen-bond donors (Lipinski definition) is 0. The first-order valence-corrected chi connectivity index (χ1v) is 5.69. The Bertz CT molecular complexity index is 277. The lowest BCUT2D eigenvalue weighted by Crippen LogP contribution is -2.24. The summed E-state index contributed by atoms with van der Waals surface area (Å²) in [6, 6.07) is 8.43. The van der Waals surface area contributed by atoms with E-state index in [0.29, 0.717) is 0 Å². The summed E-state index contributed by atoms with van der Waals surface area (Å²) in [4.78, 5) is 0. The standard InChI is InChI=1S/C12H17BrO/c1-4-14-9-12(2,3)10-5-7-11(13)8-6-10/h5-8H,4,9H2,1-3H3. The summed E-state index contributed by atoms with van der Waals surface area (Å²) in [6.45, 7) is 7.97. The number of hydrogen-bond acceptors (Lipinski definition) is 1. The second-order valence-electron chi connectivity index (χ2n) is 4.03. The molecule has 0 fully saturated rings. The molecule has 0 bridgehead atoms. The summed E-state index contributed by atoms with van der Waals surface area (Å²) in [5, 5.41) is 0. The van der Waals surface area contributed by atoms with Crippen LogP contribution in [0.4, 0.5) is 0 Å². The maximum absolute atomic E-state index is 5.47. The quantitative estimate of drug-likeness (QED) is 0.797. The molecule has 0 saturated heterocycles. The molecule has 0 atom stereocenters. The summed E-state index contributed by atoms with van der Waals surface area (Å²) in [6.07, 6.45) is 0. The Balaban J connectivity index is 2.75. The van der Waals surface area contributed by atoms with Gasteiger partial charge in [0.05, 0.1) is 6.61 Å². The van der Waals surface area contributed by atoms with Gasteiger partial charge in [0.1, 0.15) is 0 Å². The van der Waals surface area contributed by atoms with Crippen molar-refractivity contribution in [1.29, 1.82) is 0 Å². The average molecular weight is 257 g/mol. The Morgan fingerprint density at radius 3 is 2.29 bits per heavy atom. The molecular formula is C12H17BrO. The van der Waals surface area contributed by atoms with E-state index in [1.54, 1.807) is 0 Å². The van der Waals surface area contributed by atoms with E-state index >= 15 is 0 Å². The van der Waals surface area contributed by atoms with Crippen LogP contribution in [0.1, 0.15) is 26.3 Å². The van der Waals surface area contributed by atoms with Crippen LogP contribution in [0.5, 0.6) is 0 Å². The molecule has 0 N–H and O–H groups in total. The van der Waals surface area contributed by atoms with Gasteiger partial charge in [-0.2, -0.15) is 0 Å². The third-order valence-electron chi connectivity index (χ3n) is 2.29. The molecule has 1 nitrogen and oxygen atoms in total. The molecular weight excluding hydrogens is 240 g/mol. The minimum atomic E-state index is 0.0940. The Hall–Kier alpha value is -0.340. The highest BCUT2D eigenvalue weighted by molar-refractivity contribution is 9.10. The highest BCUT2D eigenvalue weighted by Gasteiger charge is 2.20. The van der Waals surface area contributed by atoms with Crippen molar-refractivity contribution < 1.29 is 4.74 Å². The summed E-state index contributed by atoms with van der Waals surface area (Å²) < 4.78 is 6.59. The van der Waals surface area contributed by atoms with Gasteiger partial charge in [0.2, 0.25) is 0 Å². The highest BCUT2D eigenvalue weighted by Crippen LogP contribution is 2.24. The lowest BCUT2D eigenvalue weighted by atomic mass is 9.86. The molecule has 14 heavy (non-hydrogen) atoms. The predicted octanol–water partition coefficient (Wildman–Crippen LogP) is 3.76. The van der Waals surface area contributed by atoms with Crippen molar-refractivity contribution in [3.8, 4) is 0 Å². The molecule has 1 aromatic carbocycles. The molecule has 0 radical (unpaired) electrons. The zero-order valence-electron chi connectivity index (χ0n) is 9.01. The second-order valence-corrected chi connectivity index (χ2v) is 4.94. The van der Waals surface area contributed by atoms with Crippen LogP contribution in [0.3, 0.4) is 0 Å². The van der Waals surface area contributed by atoms with E-state index in [1.807, 2.05) is 6.92 Å². The van der Waals surface area contributed by atoms with Gasteiger partial charge in [0.15, 0.2) is 0 Å². The molecule has 0 aliphatic heterocycles. The van der Waals surface area contributed by atoms with Gasteiger partial charge >= 0.3 is 0 Å². The molecule has 1 aromatic rings. The average Bonchev–Trinajstić information content (AvgIpc) is 2.16. The van der Waals surface area contributed by atoms with Crippen LogP contribution in [-0.2, 0) is 10.2 Å². The van der Waals surface area contributed by atoms with Crippen LogP contribution in [-0.4, -0.2) is 13.2 Å². The van der Waals surface area contributed by atoms with Crippen LogP contribution in [0.25, 0.3) is 0 Å². The van der Waals surface area contributed by atoms with Gasteiger partial charge in [0, 0.05) is 16.5 Å². The van der Waals surface area contributed by atoms with Crippen LogP contribution in [0.2, 0.25) is 0 Å². The first kappa shape index (κ1) is 11.7. The molecule has 0 spiro atoms. The summed E-state index contributed by atoms with van der Waals surface area (Å²) in [7, 11) is 0. The Kier molecular flexibility index (Phi) is 4.14. The van der Waals surface area contributed by atoms with E-state index in [1.165, 1.54) is 5.56 Å². The van der Waals surface area contributed by atoms with Crippen LogP contribution < -0.4 is 0 Å². The zero-order valence-corrected chi connectivity index (χ0v) is 10.6. The van der Waals surface area contributed by atoms with E-state index in [-0.39, 0.29) is 5.41 Å². The van der Waals surface area contributed by atoms with Crippen molar-refractivity contribution >= 4 is 15.9 Å². The Morgan fingerprint density at radius 2 is 1.79 bits per heavy atom. The second kappa shape index (κ2) is 4.94. The third-order valence-corrected chi connectivity index (χ3v) is 2.82. The monoisotopic (exact) mass is 256 g/mol. The van der Waals surface area contributed by atoms with Gasteiger partial charge in [0.25, 0.3) is 0 Å². The summed E-state index contributed by atoms with van der Waals surface area (Å²) in [5.74, 6) is 0. The van der Waals surface area contributed by atoms with Gasteiger partial charge in [-0.05, 0) is 24.6 Å². The van der Waals surface area contributed by atoms with Crippen molar-refractivity contribution in [2.75, 3.05) is 13.2 Å². The van der Waals surface area contributed by atoms with Gasteiger partial charge in [-0.15, -0.1) is 0 Å². The van der Waals surface area contributed by atoms with Crippen molar-refractivity contribution in [2.45, 2.75) is 26.2 Å². The van der Waals surface area contributed by atoms with E-state index < -0.39 is 0 Å². The van der Waals surface area contributed by atoms with E-state index in [9.17, 15) is 0 Å². The fraction of sp³-hybridized carbons (Fsp3) is 0.500. The fourth-order valence-electron chi connectivity index (χ4n) is 1.34. The summed E-state index contributed by atoms with van der Waals surface area (Å²) in [5.41, 5.74) is 1.41. The number of ether oxygens (including phenoxy) is 1. The SMILES string of the molecule is CCOCC(C)(C)c1ccc(Br)cc1. The lowest BCUT2D eigenvalue weighted by molar-refractivity contribution is 0.105. The molecule has 78 valence electrons. The van der Waals surface area contributed by atoms with Gasteiger partial charge < -0.3 is 4.74 Å². The molecule has 0 heterocycles. The first-order chi connectivity index (χ1) is 6.56. The lowest BCUT2D eigenvalue weighted by Gasteiger charge is -2.24. The number of halogens is 1. The van der Waals surface area contributed by atoms with E-state index in [0.717, 1.165) is 17.7 Å². The van der Waals surface area contributed by atoms with E-state index in [2.05, 4.69) is 54.0 Å². The van der Waals surface area contributed by atoms with Crippen molar-refractivity contribution in [3.63, 3.8) is 0 Å². The predicted molar refractivity (Wildman–Crippen MR) is 63.7 cm³/mol. The fourth-order valence-corrected chi connectivity index (χ4v) is 1.61. The van der Waals surface area contributed by atoms with Gasteiger partial charge in [-0.1, -0.05) is 41.9 Å². The third kappa shape index (κ3) is 3.10. The maximum Gasteiger partial charge on any atom is 0.0557 e. The van der Waals surface area contributed by atoms with Crippen molar-refractivity contribution in [3.05, 3.63) is 34.3 Å². The molecule has 0 aromatic heterocycles. The molecule has 0 aliphatic carbocycles. The molecule has 0 aliphatic rings. The first-order valence-electron chi connectivity index (χ1n) is 4.90. The molecule has 0 unspecified atom stereocenters. The minimum absolute atomic E-state index is 0.0940. The van der Waals surface area contributed by atoms with E-state index in [4.69, 9.17) is 4.74 Å². The smallest absolute Gasteiger partial charge is 0.0557 e. The largest absolute Gasteiger partial charge is 0.381 e. The van der Waals surface area contributed by atoms with Crippen LogP contribution >= 0.6 is 15.9 Å². The van der Waals surface area contributed by atoms with Gasteiger partial charge in [-0.3, -0.25) is 0 Å². The minimum Gasteiger partial charge on any atom is -0.381 e. The Labute approximate surface area is 94.6 Å². The topological polar surface area (TPSA) is 9.23 Å². The van der Waals surface area contributed by atoms with Crippen molar-refractivity contribution in [2.24, 2.45) is 0 Å². The van der Waals surface area contributed by atoms with Crippen molar-refractivity contribution in [1.82, 2.24) is 0 Å². The number of benzene rings is 1. The molecule has 0 amide bonds. The summed E-state index contributed by atoms with van der Waals surface area (Å²) >= 11 is 3.43.